The van der Waals surface area contributed by atoms with Crippen molar-refractivity contribution in [3.8, 4) is 56.4 Å². The second kappa shape index (κ2) is 17.4. The molecule has 9 aromatic carbocycles. The molecule has 15 rings (SSSR count). The molecule has 0 saturated heterocycles. The molecule has 5 heterocycles. The van der Waals surface area contributed by atoms with Gasteiger partial charge in [-0.1, -0.05) is 121 Å². The normalized spacial score (nSPS) is 13.0. The van der Waals surface area contributed by atoms with E-state index in [4.69, 9.17) is 23.8 Å². The minimum atomic E-state index is 0.602. The van der Waals surface area contributed by atoms with E-state index in [0.717, 1.165) is 113 Å². The standard InChI is InChI=1S/C69H47N5O2/c1-3-15-52-42(2)73(50-18-9-5-10-19-50)61-40-46(24-30-54(52)61)44-26-32-63-56(36-44)58-38-48(28-34-65(58)75-63)68-70-67(43-16-7-4-8-17-43)71-69(72-68)49-29-35-66-59(39-49)57-37-45(27-33-64(57)76-66)47-25-31-55-53-22-13-14-23-60(53)74(62(55)41-47)51-20-11-6-12-21-51/h3-7,9-16,18-41H,8,17H2,1-2H3/b15-3-. The molecule has 7 heteroatoms. The number of allylic oxidation sites excluding steroid dienone is 5. The number of furan rings is 2. The third kappa shape index (κ3) is 7.08. The summed E-state index contributed by atoms with van der Waals surface area (Å²) in [6, 6.07) is 69.0. The highest BCUT2D eigenvalue weighted by molar-refractivity contribution is 6.12. The molecule has 14 aromatic rings. The van der Waals surface area contributed by atoms with Crippen molar-refractivity contribution in [1.82, 2.24) is 24.1 Å². The molecule has 0 unspecified atom stereocenters. The van der Waals surface area contributed by atoms with Crippen molar-refractivity contribution < 1.29 is 8.83 Å². The third-order valence-electron chi connectivity index (χ3n) is 15.3. The molecule has 1 aliphatic carbocycles. The smallest absolute Gasteiger partial charge is 0.164 e. The van der Waals surface area contributed by atoms with Gasteiger partial charge in [0.05, 0.1) is 16.6 Å². The van der Waals surface area contributed by atoms with Crippen molar-refractivity contribution in [3.63, 3.8) is 0 Å². The van der Waals surface area contributed by atoms with Crippen LogP contribution < -0.4 is 0 Å². The fraction of sp³-hybridized carbons (Fsp3) is 0.0580. The average Bonchev–Trinajstić information content (AvgIpc) is 4.23. The van der Waals surface area contributed by atoms with E-state index in [9.17, 15) is 0 Å². The fourth-order valence-corrected chi connectivity index (χ4v) is 11.7. The van der Waals surface area contributed by atoms with Crippen LogP contribution in [0.15, 0.2) is 227 Å². The first-order valence-corrected chi connectivity index (χ1v) is 26.0. The molecule has 0 atom stereocenters. The Balaban J connectivity index is 0.830. The van der Waals surface area contributed by atoms with Gasteiger partial charge in [-0.15, -0.1) is 0 Å². The summed E-state index contributed by atoms with van der Waals surface area (Å²) in [5.74, 6) is 1.88. The topological polar surface area (TPSA) is 74.8 Å². The summed E-state index contributed by atoms with van der Waals surface area (Å²) in [4.78, 5) is 15.7. The molecule has 0 bridgehead atoms. The number of hydrogen-bond donors (Lipinski definition) is 0. The number of rotatable bonds is 8. The second-order valence-electron chi connectivity index (χ2n) is 19.8. The van der Waals surface area contributed by atoms with E-state index in [-0.39, 0.29) is 0 Å². The summed E-state index contributed by atoms with van der Waals surface area (Å²) < 4.78 is 17.7. The van der Waals surface area contributed by atoms with Crippen LogP contribution in [0.2, 0.25) is 0 Å². The van der Waals surface area contributed by atoms with E-state index in [1.807, 2.05) is 12.1 Å². The first-order valence-electron chi connectivity index (χ1n) is 26.0. The average molecular weight is 978 g/mol. The predicted octanol–water partition coefficient (Wildman–Crippen LogP) is 18.5. The first-order chi connectivity index (χ1) is 37.5. The summed E-state index contributed by atoms with van der Waals surface area (Å²) in [5, 5.41) is 7.74. The molecular weight excluding hydrogens is 931 g/mol. The number of para-hydroxylation sites is 3. The molecule has 1 aliphatic rings. The Kier molecular flexibility index (Phi) is 10.0. The molecule has 0 radical (unpaired) electrons. The van der Waals surface area contributed by atoms with Gasteiger partial charge in [0.2, 0.25) is 0 Å². The lowest BCUT2D eigenvalue weighted by Gasteiger charge is -2.12. The van der Waals surface area contributed by atoms with E-state index in [1.54, 1.807) is 0 Å². The number of aromatic nitrogens is 5. The van der Waals surface area contributed by atoms with Crippen LogP contribution >= 0.6 is 0 Å². The van der Waals surface area contributed by atoms with Crippen molar-refractivity contribution in [2.45, 2.75) is 26.7 Å². The van der Waals surface area contributed by atoms with Crippen LogP contribution in [-0.4, -0.2) is 24.1 Å². The molecule has 7 nitrogen and oxygen atoms in total. The lowest BCUT2D eigenvalue weighted by Crippen LogP contribution is -2.03. The Labute approximate surface area is 437 Å². The summed E-state index contributed by atoms with van der Waals surface area (Å²) in [6.07, 6.45) is 12.5. The molecule has 0 N–H and O–H groups in total. The third-order valence-corrected chi connectivity index (χ3v) is 15.3. The number of hydrogen-bond acceptors (Lipinski definition) is 5. The van der Waals surface area contributed by atoms with Gasteiger partial charge in [0, 0.05) is 71.5 Å². The van der Waals surface area contributed by atoms with Gasteiger partial charge in [-0.2, -0.15) is 0 Å². The Morgan fingerprint density at radius 2 is 0.882 bits per heavy atom. The van der Waals surface area contributed by atoms with Crippen LogP contribution in [-0.2, 0) is 0 Å². The van der Waals surface area contributed by atoms with Crippen LogP contribution in [0.4, 0.5) is 0 Å². The molecular formula is C69H47N5O2. The zero-order valence-electron chi connectivity index (χ0n) is 41.8. The highest BCUT2D eigenvalue weighted by atomic mass is 16.3. The van der Waals surface area contributed by atoms with Crippen molar-refractivity contribution in [2.24, 2.45) is 0 Å². The van der Waals surface area contributed by atoms with Gasteiger partial charge < -0.3 is 18.0 Å². The lowest BCUT2D eigenvalue weighted by atomic mass is 10.00. The van der Waals surface area contributed by atoms with Gasteiger partial charge in [-0.3, -0.25) is 0 Å². The van der Waals surface area contributed by atoms with E-state index in [1.165, 1.54) is 38.4 Å². The van der Waals surface area contributed by atoms with Crippen molar-refractivity contribution in [1.29, 1.82) is 0 Å². The molecule has 0 amide bonds. The summed E-state index contributed by atoms with van der Waals surface area (Å²) >= 11 is 0. The maximum absolute atomic E-state index is 6.51. The molecule has 5 aromatic heterocycles. The highest BCUT2D eigenvalue weighted by Crippen LogP contribution is 2.41. The number of benzene rings is 9. The maximum atomic E-state index is 6.51. The van der Waals surface area contributed by atoms with Gasteiger partial charge in [0.15, 0.2) is 17.5 Å². The van der Waals surface area contributed by atoms with Crippen LogP contribution in [0, 0.1) is 6.92 Å². The van der Waals surface area contributed by atoms with Crippen molar-refractivity contribution in [3.05, 3.63) is 236 Å². The van der Waals surface area contributed by atoms with E-state index < -0.39 is 0 Å². The van der Waals surface area contributed by atoms with Crippen LogP contribution in [0.1, 0.15) is 36.8 Å². The van der Waals surface area contributed by atoms with E-state index in [2.05, 4.69) is 235 Å². The van der Waals surface area contributed by atoms with Gasteiger partial charge in [-0.05, 0) is 158 Å². The summed E-state index contributed by atoms with van der Waals surface area (Å²) in [7, 11) is 0. The molecule has 0 spiro atoms. The zero-order valence-corrected chi connectivity index (χ0v) is 41.8. The number of fused-ring (bicyclic) bond motifs is 10. The Bertz CT molecular complexity index is 4770. The van der Waals surface area contributed by atoms with Crippen LogP contribution in [0.25, 0.3) is 145 Å². The fourth-order valence-electron chi connectivity index (χ4n) is 11.7. The molecule has 360 valence electrons. The SMILES string of the molecule is C/C=C\c1c(C)n(-c2ccccc2)c2cc(-c3ccc4oc5ccc(-c6nc(C7=CC=CCC7)nc(-c7ccc8oc9ccc(-c%10ccc%11c%12ccccc%12n(-c%12ccccc%12)c%11c%10)cc9c8c7)n6)cc5c4c3)ccc12. The molecule has 0 fully saturated rings. The largest absolute Gasteiger partial charge is 0.456 e. The molecule has 0 saturated carbocycles. The predicted molar refractivity (Wildman–Crippen MR) is 313 cm³/mol. The summed E-state index contributed by atoms with van der Waals surface area (Å²) in [6.45, 7) is 4.28. The maximum Gasteiger partial charge on any atom is 0.164 e. The van der Waals surface area contributed by atoms with Crippen molar-refractivity contribution in [2.75, 3.05) is 0 Å². The van der Waals surface area contributed by atoms with Gasteiger partial charge >= 0.3 is 0 Å². The van der Waals surface area contributed by atoms with Gasteiger partial charge in [-0.25, -0.2) is 15.0 Å². The highest BCUT2D eigenvalue weighted by Gasteiger charge is 2.21. The van der Waals surface area contributed by atoms with Gasteiger partial charge in [0.25, 0.3) is 0 Å². The Morgan fingerprint density at radius 3 is 1.45 bits per heavy atom. The first kappa shape index (κ1) is 43.7. The Morgan fingerprint density at radius 1 is 0.421 bits per heavy atom. The minimum Gasteiger partial charge on any atom is -0.456 e. The Hall–Kier alpha value is -9.85. The van der Waals surface area contributed by atoms with E-state index >= 15 is 0 Å². The monoisotopic (exact) mass is 977 g/mol. The zero-order chi connectivity index (χ0) is 50.4. The number of nitrogens with zero attached hydrogens (tertiary/aromatic N) is 5. The quantitative estimate of drug-likeness (QED) is 0.152. The van der Waals surface area contributed by atoms with Gasteiger partial charge in [0.1, 0.15) is 22.3 Å². The lowest BCUT2D eigenvalue weighted by molar-refractivity contribution is 0.668. The van der Waals surface area contributed by atoms with Crippen LogP contribution in [0.3, 0.4) is 0 Å². The minimum absolute atomic E-state index is 0.602. The van der Waals surface area contributed by atoms with E-state index in [0.29, 0.717) is 17.5 Å². The van der Waals surface area contributed by atoms with Crippen molar-refractivity contribution >= 4 is 88.2 Å². The van der Waals surface area contributed by atoms with Crippen LogP contribution in [0.5, 0.6) is 0 Å². The second-order valence-corrected chi connectivity index (χ2v) is 19.8. The molecule has 0 aliphatic heterocycles. The summed E-state index contributed by atoms with van der Waals surface area (Å²) in [5.41, 5.74) is 18.8. The molecule has 76 heavy (non-hydrogen) atoms.